The number of aromatic nitrogens is 2. The lowest BCUT2D eigenvalue weighted by Gasteiger charge is -2.12. The third kappa shape index (κ3) is 3.10. The number of hydrogen-bond acceptors (Lipinski definition) is 6. The van der Waals surface area contributed by atoms with E-state index in [4.69, 9.17) is 15.0 Å². The molecule has 102 valence electrons. The minimum atomic E-state index is -0.276. The van der Waals surface area contributed by atoms with Gasteiger partial charge < -0.3 is 19.9 Å². The standard InChI is InChI=1S/C13H18N4O2/c1-17(2)8-10(14)12-15-13(19-16-12)9-6-4-5-7-11(9)18-3/h4-7,10H,8,14H2,1-3H3. The van der Waals surface area contributed by atoms with Gasteiger partial charge in [0.15, 0.2) is 5.82 Å². The van der Waals surface area contributed by atoms with Crippen molar-refractivity contribution >= 4 is 0 Å². The van der Waals surface area contributed by atoms with E-state index >= 15 is 0 Å². The van der Waals surface area contributed by atoms with Crippen LogP contribution in [0.15, 0.2) is 28.8 Å². The van der Waals surface area contributed by atoms with E-state index in [9.17, 15) is 0 Å². The molecule has 1 aromatic carbocycles. The molecule has 1 atom stereocenters. The molecule has 1 aromatic heterocycles. The smallest absolute Gasteiger partial charge is 0.261 e. The van der Waals surface area contributed by atoms with Crippen LogP contribution in [0.1, 0.15) is 11.9 Å². The lowest BCUT2D eigenvalue weighted by atomic mass is 10.2. The zero-order valence-corrected chi connectivity index (χ0v) is 11.3. The van der Waals surface area contributed by atoms with E-state index < -0.39 is 0 Å². The van der Waals surface area contributed by atoms with Gasteiger partial charge in [-0.15, -0.1) is 0 Å². The van der Waals surface area contributed by atoms with Crippen LogP contribution in [0.3, 0.4) is 0 Å². The summed E-state index contributed by atoms with van der Waals surface area (Å²) in [4.78, 5) is 6.31. The molecule has 0 aliphatic rings. The number of benzene rings is 1. The van der Waals surface area contributed by atoms with E-state index in [1.807, 2.05) is 43.3 Å². The highest BCUT2D eigenvalue weighted by molar-refractivity contribution is 5.62. The molecule has 0 fully saturated rings. The van der Waals surface area contributed by atoms with Crippen molar-refractivity contribution in [2.24, 2.45) is 5.73 Å². The van der Waals surface area contributed by atoms with E-state index in [0.29, 0.717) is 24.0 Å². The van der Waals surface area contributed by atoms with Gasteiger partial charge in [0.2, 0.25) is 0 Å². The van der Waals surface area contributed by atoms with Gasteiger partial charge in [0.25, 0.3) is 5.89 Å². The molecule has 0 radical (unpaired) electrons. The van der Waals surface area contributed by atoms with Gasteiger partial charge in [-0.1, -0.05) is 17.3 Å². The first kappa shape index (κ1) is 13.5. The molecule has 0 amide bonds. The molecule has 0 bridgehead atoms. The Labute approximate surface area is 112 Å². The van der Waals surface area contributed by atoms with E-state index in [0.717, 1.165) is 5.56 Å². The van der Waals surface area contributed by atoms with Crippen molar-refractivity contribution in [3.63, 3.8) is 0 Å². The van der Waals surface area contributed by atoms with Crippen LogP contribution < -0.4 is 10.5 Å². The fraction of sp³-hybridized carbons (Fsp3) is 0.385. The summed E-state index contributed by atoms with van der Waals surface area (Å²) in [6.07, 6.45) is 0. The molecule has 0 aliphatic carbocycles. The van der Waals surface area contributed by atoms with E-state index in [2.05, 4.69) is 10.1 Å². The summed E-state index contributed by atoms with van der Waals surface area (Å²) in [7, 11) is 5.50. The van der Waals surface area contributed by atoms with Gasteiger partial charge in [0, 0.05) is 6.54 Å². The topological polar surface area (TPSA) is 77.4 Å². The number of nitrogens with two attached hydrogens (primary N) is 1. The van der Waals surface area contributed by atoms with Gasteiger partial charge >= 0.3 is 0 Å². The molecule has 6 heteroatoms. The summed E-state index contributed by atoms with van der Waals surface area (Å²) in [5, 5.41) is 3.93. The number of rotatable bonds is 5. The molecule has 1 unspecified atom stereocenters. The summed E-state index contributed by atoms with van der Waals surface area (Å²) in [5.74, 6) is 1.61. The lowest BCUT2D eigenvalue weighted by Crippen LogP contribution is -2.26. The summed E-state index contributed by atoms with van der Waals surface area (Å²) in [6, 6.07) is 7.22. The predicted molar refractivity (Wildman–Crippen MR) is 71.8 cm³/mol. The quantitative estimate of drug-likeness (QED) is 0.875. The Kier molecular flexibility index (Phi) is 4.13. The average molecular weight is 262 g/mol. The molecule has 19 heavy (non-hydrogen) atoms. The predicted octanol–water partition coefficient (Wildman–Crippen LogP) is 1.31. The first-order valence-corrected chi connectivity index (χ1v) is 5.99. The maximum atomic E-state index is 6.00. The molecule has 0 aliphatic heterocycles. The minimum Gasteiger partial charge on any atom is -0.496 e. The monoisotopic (exact) mass is 262 g/mol. The Balaban J connectivity index is 2.25. The van der Waals surface area contributed by atoms with E-state index in [1.54, 1.807) is 7.11 Å². The van der Waals surface area contributed by atoms with Crippen LogP contribution in [0.4, 0.5) is 0 Å². The van der Waals surface area contributed by atoms with Crippen LogP contribution >= 0.6 is 0 Å². The van der Waals surface area contributed by atoms with E-state index in [-0.39, 0.29) is 6.04 Å². The molecule has 0 saturated carbocycles. The van der Waals surface area contributed by atoms with Gasteiger partial charge in [-0.3, -0.25) is 0 Å². The van der Waals surface area contributed by atoms with E-state index in [1.165, 1.54) is 0 Å². The van der Waals surface area contributed by atoms with Crippen LogP contribution in [0.2, 0.25) is 0 Å². The normalized spacial score (nSPS) is 12.7. The number of hydrogen-bond donors (Lipinski definition) is 1. The van der Waals surface area contributed by atoms with Crippen LogP contribution in [0, 0.1) is 0 Å². The molecular weight excluding hydrogens is 244 g/mol. The highest BCUT2D eigenvalue weighted by Crippen LogP contribution is 2.28. The van der Waals surface area contributed by atoms with Gasteiger partial charge in [0.05, 0.1) is 18.7 Å². The Bertz CT molecular complexity index is 539. The molecule has 0 spiro atoms. The second-order valence-corrected chi connectivity index (χ2v) is 4.53. The van der Waals surface area contributed by atoms with Crippen LogP contribution in [-0.2, 0) is 0 Å². The van der Waals surface area contributed by atoms with Gasteiger partial charge in [0.1, 0.15) is 5.75 Å². The van der Waals surface area contributed by atoms with Crippen molar-refractivity contribution in [3.8, 4) is 17.2 Å². The maximum absolute atomic E-state index is 6.00. The van der Waals surface area contributed by atoms with Crippen molar-refractivity contribution in [1.82, 2.24) is 15.0 Å². The Hall–Kier alpha value is -1.92. The van der Waals surface area contributed by atoms with Gasteiger partial charge in [-0.2, -0.15) is 4.98 Å². The van der Waals surface area contributed by atoms with Crippen molar-refractivity contribution in [2.75, 3.05) is 27.7 Å². The molecule has 2 N–H and O–H groups in total. The second kappa shape index (κ2) is 5.81. The zero-order valence-electron chi connectivity index (χ0n) is 11.3. The third-order valence-corrected chi connectivity index (χ3v) is 2.67. The van der Waals surface area contributed by atoms with Crippen molar-refractivity contribution in [2.45, 2.75) is 6.04 Å². The number of methoxy groups -OCH3 is 1. The maximum Gasteiger partial charge on any atom is 0.261 e. The second-order valence-electron chi connectivity index (χ2n) is 4.53. The zero-order chi connectivity index (χ0) is 13.8. The molecule has 6 nitrogen and oxygen atoms in total. The number of para-hydroxylation sites is 1. The summed E-state index contributed by atoms with van der Waals surface area (Å²) >= 11 is 0. The van der Waals surface area contributed by atoms with Crippen molar-refractivity contribution < 1.29 is 9.26 Å². The number of ether oxygens (including phenoxy) is 1. The largest absolute Gasteiger partial charge is 0.496 e. The molecular formula is C13H18N4O2. The summed E-state index contributed by atoms with van der Waals surface area (Å²) in [5.41, 5.74) is 6.76. The fourth-order valence-electron chi connectivity index (χ4n) is 1.79. The lowest BCUT2D eigenvalue weighted by molar-refractivity contribution is 0.356. The Morgan fingerprint density at radius 2 is 2.11 bits per heavy atom. The first-order valence-electron chi connectivity index (χ1n) is 5.99. The first-order chi connectivity index (χ1) is 9.11. The Morgan fingerprint density at radius 1 is 1.37 bits per heavy atom. The van der Waals surface area contributed by atoms with Crippen molar-refractivity contribution in [1.29, 1.82) is 0 Å². The number of likely N-dealkylation sites (N-methyl/N-ethyl adjacent to an activating group) is 1. The highest BCUT2D eigenvalue weighted by Gasteiger charge is 2.17. The van der Waals surface area contributed by atoms with Crippen LogP contribution in [0.5, 0.6) is 5.75 Å². The molecule has 1 heterocycles. The number of nitrogens with zero attached hydrogens (tertiary/aromatic N) is 3. The van der Waals surface area contributed by atoms with Crippen molar-refractivity contribution in [3.05, 3.63) is 30.1 Å². The average Bonchev–Trinajstić information content (AvgIpc) is 2.87. The summed E-state index contributed by atoms with van der Waals surface area (Å²) < 4.78 is 10.5. The SMILES string of the molecule is COc1ccccc1-c1nc(C(N)CN(C)C)no1. The molecule has 0 saturated heterocycles. The van der Waals surface area contributed by atoms with Gasteiger partial charge in [-0.05, 0) is 26.2 Å². The van der Waals surface area contributed by atoms with Gasteiger partial charge in [-0.25, -0.2) is 0 Å². The highest BCUT2D eigenvalue weighted by atomic mass is 16.5. The Morgan fingerprint density at radius 3 is 2.79 bits per heavy atom. The minimum absolute atomic E-state index is 0.276. The third-order valence-electron chi connectivity index (χ3n) is 2.67. The van der Waals surface area contributed by atoms with Crippen LogP contribution in [0.25, 0.3) is 11.5 Å². The molecule has 2 aromatic rings. The molecule has 2 rings (SSSR count). The summed E-state index contributed by atoms with van der Waals surface area (Å²) in [6.45, 7) is 0.658. The van der Waals surface area contributed by atoms with Crippen LogP contribution in [-0.4, -0.2) is 42.8 Å². The fourth-order valence-corrected chi connectivity index (χ4v) is 1.79.